The first-order valence-electron chi connectivity index (χ1n) is 16.4. The van der Waals surface area contributed by atoms with E-state index >= 15 is 0 Å². The number of carbonyl (C=O) groups excluding carboxylic acids is 3. The average Bonchev–Trinajstić information content (AvgIpc) is 3.74. The van der Waals surface area contributed by atoms with E-state index in [2.05, 4.69) is 71.9 Å². The van der Waals surface area contributed by atoms with E-state index in [0.717, 1.165) is 65.8 Å². The number of likely N-dealkylation sites (tertiary alicyclic amines) is 1. The number of benzene rings is 3. The van der Waals surface area contributed by atoms with Crippen LogP contribution in [-0.4, -0.2) is 66.2 Å². The van der Waals surface area contributed by atoms with Crippen LogP contribution in [-0.2, 0) is 24.5 Å². The van der Waals surface area contributed by atoms with Crippen molar-refractivity contribution >= 4 is 35.1 Å². The van der Waals surface area contributed by atoms with Crippen molar-refractivity contribution in [1.82, 2.24) is 20.2 Å². The number of methoxy groups -OCH3 is 2. The number of hydrogen-bond donors (Lipinski definition) is 3. The van der Waals surface area contributed by atoms with Gasteiger partial charge in [0.25, 0.3) is 0 Å². The lowest BCUT2D eigenvalue weighted by atomic mass is 9.81. The van der Waals surface area contributed by atoms with Crippen molar-refractivity contribution in [3.8, 4) is 22.3 Å². The summed E-state index contributed by atoms with van der Waals surface area (Å²) in [7, 11) is 2.81. The van der Waals surface area contributed by atoms with E-state index in [9.17, 15) is 14.4 Å². The molecule has 2 fully saturated rings. The SMILES string of the molecule is COCC(NC(=O)OC)C(=O)N1C(c2nc3ccc(-c4ccc5c(c4)C(C)(C)c4cc(NC=O)ccc4-5)cc3[nH]2)C[C@@H]2CCCC[C@@H]21. The van der Waals surface area contributed by atoms with Crippen LogP contribution in [0.15, 0.2) is 54.6 Å². The molecule has 7 rings (SSSR count). The molecule has 2 heterocycles. The number of ether oxygens (including phenoxy) is 2. The Kier molecular flexibility index (Phi) is 8.00. The molecule has 3 aromatic carbocycles. The molecule has 0 radical (unpaired) electrons. The second kappa shape index (κ2) is 12.2. The fourth-order valence-electron chi connectivity index (χ4n) is 8.19. The monoisotopic (exact) mass is 635 g/mol. The zero-order valence-corrected chi connectivity index (χ0v) is 27.3. The van der Waals surface area contributed by atoms with Crippen LogP contribution in [0.25, 0.3) is 33.3 Å². The Morgan fingerprint density at radius 3 is 2.51 bits per heavy atom. The predicted molar refractivity (Wildman–Crippen MR) is 180 cm³/mol. The van der Waals surface area contributed by atoms with Crippen LogP contribution in [0.2, 0.25) is 0 Å². The summed E-state index contributed by atoms with van der Waals surface area (Å²) in [5.41, 5.74) is 9.31. The molecule has 2 aliphatic carbocycles. The Morgan fingerprint density at radius 1 is 1.02 bits per heavy atom. The fraction of sp³-hybridized carbons (Fsp3) is 0.405. The van der Waals surface area contributed by atoms with Crippen LogP contribution in [0.4, 0.5) is 10.5 Å². The molecule has 2 unspecified atom stereocenters. The highest BCUT2D eigenvalue weighted by Crippen LogP contribution is 2.51. The van der Waals surface area contributed by atoms with E-state index in [4.69, 9.17) is 14.5 Å². The Bertz CT molecular complexity index is 1870. The molecule has 47 heavy (non-hydrogen) atoms. The first-order chi connectivity index (χ1) is 22.7. The average molecular weight is 636 g/mol. The maximum atomic E-state index is 14.1. The van der Waals surface area contributed by atoms with Crippen LogP contribution in [0, 0.1) is 5.92 Å². The Balaban J connectivity index is 1.21. The van der Waals surface area contributed by atoms with Gasteiger partial charge in [-0.2, -0.15) is 0 Å². The van der Waals surface area contributed by atoms with Gasteiger partial charge in [0.1, 0.15) is 11.9 Å². The lowest BCUT2D eigenvalue weighted by Crippen LogP contribution is -2.53. The van der Waals surface area contributed by atoms with E-state index in [-0.39, 0.29) is 30.0 Å². The summed E-state index contributed by atoms with van der Waals surface area (Å²) in [5.74, 6) is 0.972. The number of nitrogens with one attached hydrogen (secondary N) is 3. The lowest BCUT2D eigenvalue weighted by Gasteiger charge is -2.35. The van der Waals surface area contributed by atoms with Crippen LogP contribution >= 0.6 is 0 Å². The number of alkyl carbamates (subject to hydrolysis) is 1. The predicted octanol–water partition coefficient (Wildman–Crippen LogP) is 6.31. The Morgan fingerprint density at radius 2 is 1.74 bits per heavy atom. The number of carbonyl (C=O) groups is 3. The van der Waals surface area contributed by atoms with Gasteiger partial charge >= 0.3 is 6.09 Å². The number of aromatic amines is 1. The summed E-state index contributed by atoms with van der Waals surface area (Å²) in [5, 5.41) is 5.46. The smallest absolute Gasteiger partial charge is 0.407 e. The summed E-state index contributed by atoms with van der Waals surface area (Å²) in [4.78, 5) is 47.8. The van der Waals surface area contributed by atoms with E-state index in [1.54, 1.807) is 0 Å². The maximum Gasteiger partial charge on any atom is 0.407 e. The quantitative estimate of drug-likeness (QED) is 0.195. The highest BCUT2D eigenvalue weighted by Gasteiger charge is 2.48. The van der Waals surface area contributed by atoms with Gasteiger partial charge in [0, 0.05) is 24.3 Å². The van der Waals surface area contributed by atoms with Crippen LogP contribution < -0.4 is 10.6 Å². The molecule has 4 aromatic rings. The molecule has 10 heteroatoms. The molecule has 0 spiro atoms. The van der Waals surface area contributed by atoms with Crippen molar-refractivity contribution in [1.29, 1.82) is 0 Å². The van der Waals surface area contributed by atoms with Crippen molar-refractivity contribution in [3.63, 3.8) is 0 Å². The van der Waals surface area contributed by atoms with Gasteiger partial charge in [0.15, 0.2) is 0 Å². The van der Waals surface area contributed by atoms with Crippen LogP contribution in [0.5, 0.6) is 0 Å². The van der Waals surface area contributed by atoms with Gasteiger partial charge in [0.2, 0.25) is 12.3 Å². The largest absolute Gasteiger partial charge is 0.453 e. The molecule has 3 aliphatic rings. The Labute approximate surface area is 274 Å². The van der Waals surface area contributed by atoms with Crippen molar-refractivity contribution in [2.45, 2.75) is 69.5 Å². The van der Waals surface area contributed by atoms with E-state index in [1.165, 1.54) is 36.5 Å². The number of H-pyrrole nitrogens is 1. The van der Waals surface area contributed by atoms with Gasteiger partial charge in [-0.15, -0.1) is 0 Å². The second-order valence-corrected chi connectivity index (χ2v) is 13.5. The van der Waals surface area contributed by atoms with Crippen molar-refractivity contribution in [3.05, 3.63) is 71.5 Å². The van der Waals surface area contributed by atoms with Gasteiger partial charge in [-0.3, -0.25) is 9.59 Å². The summed E-state index contributed by atoms with van der Waals surface area (Å²) in [6, 6.07) is 18.0. The van der Waals surface area contributed by atoms with Crippen molar-refractivity contribution < 1.29 is 23.9 Å². The standard InChI is InChI=1S/C37H41N5O5/c1-37(2)27-15-21(9-12-25(27)26-13-11-24(38-20-43)18-28(26)37)22-10-14-29-30(16-22)40-34(39-29)33-17-23-7-5-6-8-32(23)42(33)35(44)31(19-46-3)41-36(45)47-4/h9-16,18,20,23,31-33H,5-8,17,19H2,1-4H3,(H,38,43)(H,39,40)(H,41,45)/t23-,31?,32-,33?/m0/s1. The van der Waals surface area contributed by atoms with Crippen LogP contribution in [0.3, 0.4) is 0 Å². The molecule has 1 aromatic heterocycles. The third kappa shape index (κ3) is 5.34. The number of fused-ring (bicyclic) bond motifs is 5. The lowest BCUT2D eigenvalue weighted by molar-refractivity contribution is -0.138. The van der Waals surface area contributed by atoms with Gasteiger partial charge in [-0.1, -0.05) is 51.0 Å². The minimum Gasteiger partial charge on any atom is -0.453 e. The normalized spacial score (nSPS) is 21.4. The number of nitrogens with zero attached hydrogens (tertiary/aromatic N) is 2. The highest BCUT2D eigenvalue weighted by atomic mass is 16.5. The van der Waals surface area contributed by atoms with E-state index in [0.29, 0.717) is 12.3 Å². The fourth-order valence-corrected chi connectivity index (χ4v) is 8.19. The summed E-state index contributed by atoms with van der Waals surface area (Å²) >= 11 is 0. The van der Waals surface area contributed by atoms with Gasteiger partial charge in [-0.25, -0.2) is 9.78 Å². The van der Waals surface area contributed by atoms with Crippen molar-refractivity contribution in [2.75, 3.05) is 26.1 Å². The third-order valence-corrected chi connectivity index (χ3v) is 10.5. The molecule has 3 N–H and O–H groups in total. The molecule has 1 saturated heterocycles. The third-order valence-electron chi connectivity index (χ3n) is 10.5. The molecular weight excluding hydrogens is 594 g/mol. The minimum absolute atomic E-state index is 0.0531. The topological polar surface area (TPSA) is 126 Å². The molecule has 3 amide bonds. The molecule has 244 valence electrons. The first-order valence-corrected chi connectivity index (χ1v) is 16.4. The molecule has 4 atom stereocenters. The maximum absolute atomic E-state index is 14.1. The summed E-state index contributed by atoms with van der Waals surface area (Å²) in [6.45, 7) is 4.50. The molecule has 10 nitrogen and oxygen atoms in total. The first kappa shape index (κ1) is 30.9. The number of imidazole rings is 1. The van der Waals surface area contributed by atoms with Gasteiger partial charge in [-0.05, 0) is 88.9 Å². The zero-order valence-electron chi connectivity index (χ0n) is 27.3. The molecule has 1 aliphatic heterocycles. The molecule has 0 bridgehead atoms. The number of amides is 3. The number of hydrogen-bond acceptors (Lipinski definition) is 6. The number of rotatable bonds is 8. The zero-order chi connectivity index (χ0) is 32.9. The van der Waals surface area contributed by atoms with Gasteiger partial charge in [0.05, 0.1) is 30.8 Å². The van der Waals surface area contributed by atoms with E-state index in [1.807, 2.05) is 17.0 Å². The highest BCUT2D eigenvalue weighted by molar-refractivity contribution is 5.89. The molecular formula is C37H41N5O5. The van der Waals surface area contributed by atoms with E-state index < -0.39 is 12.1 Å². The van der Waals surface area contributed by atoms with Gasteiger partial charge < -0.3 is 30.0 Å². The Hall–Kier alpha value is -4.70. The summed E-state index contributed by atoms with van der Waals surface area (Å²) < 4.78 is 10.1. The second-order valence-electron chi connectivity index (χ2n) is 13.5. The number of aromatic nitrogens is 2. The minimum atomic E-state index is -0.852. The summed E-state index contributed by atoms with van der Waals surface area (Å²) in [6.07, 6.45) is 5.10. The van der Waals surface area contributed by atoms with Crippen LogP contribution in [0.1, 0.15) is 68.9 Å². The number of anilines is 1. The van der Waals surface area contributed by atoms with Crippen molar-refractivity contribution in [2.24, 2.45) is 5.92 Å². The molecule has 1 saturated carbocycles.